The summed E-state index contributed by atoms with van der Waals surface area (Å²) in [7, 11) is 2.61. The van der Waals surface area contributed by atoms with Gasteiger partial charge in [0.15, 0.2) is 0 Å². The lowest BCUT2D eigenvalue weighted by atomic mass is 9.95. The minimum absolute atomic E-state index is 0.0482. The van der Waals surface area contributed by atoms with E-state index < -0.39 is 24.3 Å². The molecule has 2 aliphatic heterocycles. The second-order valence-electron chi connectivity index (χ2n) is 20.2. The van der Waals surface area contributed by atoms with Gasteiger partial charge in [0, 0.05) is 18.2 Å². The average Bonchev–Trinajstić information content (AvgIpc) is 4.05. The van der Waals surface area contributed by atoms with Gasteiger partial charge in [-0.05, 0) is 112 Å². The second-order valence-corrected chi connectivity index (χ2v) is 20.2. The van der Waals surface area contributed by atoms with Crippen LogP contribution in [0.5, 0.6) is 0 Å². The normalized spacial score (nSPS) is 20.6. The van der Waals surface area contributed by atoms with E-state index in [0.29, 0.717) is 12.1 Å². The van der Waals surface area contributed by atoms with E-state index in [2.05, 4.69) is 81.3 Å². The Hall–Kier alpha value is -7.74. The highest BCUT2D eigenvalue weighted by Crippen LogP contribution is 2.58. The number of amides is 4. The summed E-state index contributed by atoms with van der Waals surface area (Å²) in [4.78, 5) is 74.2. The third kappa shape index (κ3) is 8.80. The number of H-pyrrole nitrogens is 2. The van der Waals surface area contributed by atoms with Gasteiger partial charge in [-0.25, -0.2) is 19.6 Å². The summed E-state index contributed by atoms with van der Waals surface area (Å²) in [5, 5.41) is 7.79. The van der Waals surface area contributed by atoms with Crippen molar-refractivity contribution < 1.29 is 28.7 Å². The van der Waals surface area contributed by atoms with E-state index in [9.17, 15) is 19.2 Å². The molecule has 2 bridgehead atoms. The van der Waals surface area contributed by atoms with Gasteiger partial charge >= 0.3 is 12.2 Å². The van der Waals surface area contributed by atoms with Gasteiger partial charge in [0.05, 0.1) is 50.1 Å². The first-order chi connectivity index (χ1) is 34.5. The van der Waals surface area contributed by atoms with E-state index in [1.165, 1.54) is 14.2 Å². The molecule has 362 valence electrons. The van der Waals surface area contributed by atoms with Crippen LogP contribution in [-0.4, -0.2) is 86.6 Å². The Bertz CT molecular complexity index is 3130. The Morgan fingerprint density at radius 2 is 1.24 bits per heavy atom. The third-order valence-corrected chi connectivity index (χ3v) is 15.5. The number of fused-ring (bicyclic) bond motifs is 3. The second kappa shape index (κ2) is 18.5. The maximum Gasteiger partial charge on any atom is 0.407 e. The SMILES string of the molecule is COC(=O)N[C@H](C(=O)N1CC2(CC2)C[C@H]1c1ncc(-c2ccc3cc(-c4ccc(-c5cnc([C@@H]6[C@H]7CC[C@H](C7)N6C(=O)[C@H](NC(=O)OC)c6ccc(-c7ccccc7)cc6)[nH]5)cc4)ccc3c2)[nH]1)C(C)C. The van der Waals surface area contributed by atoms with Crippen LogP contribution >= 0.6 is 0 Å². The number of rotatable bonds is 12. The van der Waals surface area contributed by atoms with Crippen LogP contribution in [0.2, 0.25) is 0 Å². The van der Waals surface area contributed by atoms with Crippen molar-refractivity contribution in [3.63, 3.8) is 0 Å². The van der Waals surface area contributed by atoms with E-state index >= 15 is 0 Å². The number of nitrogens with one attached hydrogen (secondary N) is 4. The lowest BCUT2D eigenvalue weighted by Crippen LogP contribution is -2.51. The predicted molar refractivity (Wildman–Crippen MR) is 270 cm³/mol. The summed E-state index contributed by atoms with van der Waals surface area (Å²) in [6, 6.07) is 37.1. The Balaban J connectivity index is 0.784. The molecule has 6 atom stereocenters. The summed E-state index contributed by atoms with van der Waals surface area (Å²) in [6.07, 6.45) is 8.22. The number of aromatic nitrogens is 4. The molecular formula is C57H58N8O6. The molecule has 2 aromatic heterocycles. The molecule has 14 heteroatoms. The fraction of sp³-hybridized carbons (Fsp3) is 0.333. The zero-order valence-electron chi connectivity index (χ0n) is 40.4. The molecule has 2 aliphatic carbocycles. The van der Waals surface area contributed by atoms with Gasteiger partial charge < -0.3 is 39.9 Å². The molecule has 2 saturated carbocycles. The van der Waals surface area contributed by atoms with E-state index in [4.69, 9.17) is 19.4 Å². The van der Waals surface area contributed by atoms with E-state index in [1.54, 1.807) is 0 Å². The van der Waals surface area contributed by atoms with Crippen molar-refractivity contribution >= 4 is 34.8 Å². The van der Waals surface area contributed by atoms with Gasteiger partial charge in [-0.1, -0.05) is 117 Å². The number of alkyl carbamates (subject to hydrolysis) is 2. The first kappa shape index (κ1) is 45.7. The van der Waals surface area contributed by atoms with Crippen LogP contribution in [0.15, 0.2) is 128 Å². The van der Waals surface area contributed by atoms with Crippen LogP contribution < -0.4 is 10.6 Å². The molecule has 71 heavy (non-hydrogen) atoms. The fourth-order valence-corrected chi connectivity index (χ4v) is 11.4. The standard InChI is InChI=1S/C57H58N8O6/c1-33(2)48(62-55(68)70-3)53(66)64-32-57(24-25-57)29-47(64)51-58-31-46(60-51)42-21-20-40-26-39(18-19-41(40)27-42)36-10-14-37(15-11-36)45-30-59-52(61-45)50-43-22-23-44(28-43)65(50)54(67)49(63-56(69)71-4)38-16-12-35(13-17-38)34-8-6-5-7-9-34/h5-21,26-27,30-31,33,43-44,47-50H,22-25,28-29,32H2,1-4H3,(H,58,60)(H,59,61)(H,62,68)(H,63,69)/t43-,44+,47-,48-,49+,50-/m0/s1. The summed E-state index contributed by atoms with van der Waals surface area (Å²) in [6.45, 7) is 4.51. The predicted octanol–water partition coefficient (Wildman–Crippen LogP) is 10.5. The van der Waals surface area contributed by atoms with Crippen LogP contribution in [-0.2, 0) is 19.1 Å². The summed E-state index contributed by atoms with van der Waals surface area (Å²) in [5.41, 5.74) is 8.78. The quantitative estimate of drug-likeness (QED) is 0.0936. The molecule has 5 aromatic carbocycles. The van der Waals surface area contributed by atoms with E-state index in [0.717, 1.165) is 106 Å². The Morgan fingerprint density at radius 1 is 0.662 bits per heavy atom. The van der Waals surface area contributed by atoms with Crippen molar-refractivity contribution in [1.29, 1.82) is 0 Å². The molecule has 4 heterocycles. The minimum atomic E-state index is -0.927. The monoisotopic (exact) mass is 950 g/mol. The number of aromatic amines is 2. The van der Waals surface area contributed by atoms with Crippen LogP contribution in [0.4, 0.5) is 9.59 Å². The number of hydrogen-bond acceptors (Lipinski definition) is 8. The largest absolute Gasteiger partial charge is 0.453 e. The molecule has 14 nitrogen and oxygen atoms in total. The number of piperidine rings is 1. The lowest BCUT2D eigenvalue weighted by Gasteiger charge is -2.36. The van der Waals surface area contributed by atoms with Crippen LogP contribution in [0, 0.1) is 17.3 Å². The zero-order valence-corrected chi connectivity index (χ0v) is 40.4. The number of benzene rings is 5. The summed E-state index contributed by atoms with van der Waals surface area (Å²) in [5.74, 6) is 1.35. The number of nitrogens with zero attached hydrogens (tertiary/aromatic N) is 4. The highest BCUT2D eigenvalue weighted by molar-refractivity contribution is 5.91. The van der Waals surface area contributed by atoms with E-state index in [-0.39, 0.29) is 47.2 Å². The third-order valence-electron chi connectivity index (χ3n) is 15.5. The van der Waals surface area contributed by atoms with Crippen molar-refractivity contribution in [2.24, 2.45) is 17.3 Å². The molecule has 1 spiro atoms. The number of carbonyl (C=O) groups excluding carboxylic acids is 4. The lowest BCUT2D eigenvalue weighted by molar-refractivity contribution is -0.138. The number of hydrogen-bond donors (Lipinski definition) is 4. The van der Waals surface area contributed by atoms with Crippen molar-refractivity contribution in [2.75, 3.05) is 20.8 Å². The fourth-order valence-electron chi connectivity index (χ4n) is 11.4. The van der Waals surface area contributed by atoms with Gasteiger partial charge in [0.25, 0.3) is 5.91 Å². The molecular weight excluding hydrogens is 893 g/mol. The molecule has 4 amide bonds. The molecule has 4 N–H and O–H groups in total. The van der Waals surface area contributed by atoms with Gasteiger partial charge in [-0.15, -0.1) is 0 Å². The molecule has 2 saturated heterocycles. The first-order valence-electron chi connectivity index (χ1n) is 24.7. The highest BCUT2D eigenvalue weighted by Gasteiger charge is 2.55. The molecule has 0 radical (unpaired) electrons. The van der Waals surface area contributed by atoms with Crippen LogP contribution in [0.25, 0.3) is 55.5 Å². The molecule has 4 aliphatic rings. The smallest absolute Gasteiger partial charge is 0.407 e. The van der Waals surface area contributed by atoms with Gasteiger partial charge in [0.1, 0.15) is 23.7 Å². The van der Waals surface area contributed by atoms with Crippen molar-refractivity contribution in [2.45, 2.75) is 82.6 Å². The molecule has 7 aromatic rings. The number of likely N-dealkylation sites (tertiary alicyclic amines) is 2. The highest BCUT2D eigenvalue weighted by atomic mass is 16.5. The van der Waals surface area contributed by atoms with Crippen LogP contribution in [0.1, 0.15) is 87.7 Å². The molecule has 0 unspecified atom stereocenters. The molecule has 4 fully saturated rings. The minimum Gasteiger partial charge on any atom is -0.453 e. The number of ether oxygens (including phenoxy) is 2. The number of methoxy groups -OCH3 is 2. The Kier molecular flexibility index (Phi) is 11.9. The Labute approximate surface area is 412 Å². The Morgan fingerprint density at radius 3 is 1.93 bits per heavy atom. The van der Waals surface area contributed by atoms with E-state index in [1.807, 2.05) is 90.6 Å². The molecule has 11 rings (SSSR count). The maximum absolute atomic E-state index is 14.7. The topological polar surface area (TPSA) is 175 Å². The van der Waals surface area contributed by atoms with Crippen molar-refractivity contribution in [1.82, 2.24) is 40.4 Å². The maximum atomic E-state index is 14.7. The van der Waals surface area contributed by atoms with Crippen molar-refractivity contribution in [3.05, 3.63) is 145 Å². The van der Waals surface area contributed by atoms with Gasteiger partial charge in [-0.2, -0.15) is 0 Å². The summed E-state index contributed by atoms with van der Waals surface area (Å²) < 4.78 is 9.83. The zero-order chi connectivity index (χ0) is 49.0. The van der Waals surface area contributed by atoms with Crippen molar-refractivity contribution in [3.8, 4) is 44.8 Å². The average molecular weight is 951 g/mol. The van der Waals surface area contributed by atoms with Gasteiger partial charge in [-0.3, -0.25) is 9.59 Å². The number of imidazole rings is 2. The summed E-state index contributed by atoms with van der Waals surface area (Å²) >= 11 is 0. The van der Waals surface area contributed by atoms with Gasteiger partial charge in [0.2, 0.25) is 5.91 Å². The first-order valence-corrected chi connectivity index (χ1v) is 24.7. The number of carbonyl (C=O) groups is 4. The van der Waals surface area contributed by atoms with Crippen LogP contribution in [0.3, 0.4) is 0 Å².